The van der Waals surface area contributed by atoms with Crippen molar-refractivity contribution >= 4 is 17.2 Å². The van der Waals surface area contributed by atoms with E-state index >= 15 is 0 Å². The fraction of sp³-hybridized carbons (Fsp3) is 0.167. The summed E-state index contributed by atoms with van der Waals surface area (Å²) >= 11 is 1.56. The second kappa shape index (κ2) is 7.81. The average molecular weight is 343 g/mol. The van der Waals surface area contributed by atoms with Crippen molar-refractivity contribution in [2.24, 2.45) is 0 Å². The molecule has 124 valence electrons. The van der Waals surface area contributed by atoms with Gasteiger partial charge in [-0.05, 0) is 35.7 Å². The van der Waals surface area contributed by atoms with Crippen LogP contribution in [0.15, 0.2) is 64.4 Å². The molecule has 2 aromatic heterocycles. The van der Waals surface area contributed by atoms with Gasteiger partial charge in [-0.1, -0.05) is 24.3 Å². The first-order chi connectivity index (χ1) is 11.7. The van der Waals surface area contributed by atoms with Crippen LogP contribution in [-0.4, -0.2) is 24.2 Å². The molecule has 3 rings (SSSR count). The number of aliphatic hydroxyl groups is 1. The molecule has 1 atom stereocenters. The quantitative estimate of drug-likeness (QED) is 0.691. The fourth-order valence-electron chi connectivity index (χ4n) is 2.11. The maximum atomic E-state index is 11.8. The number of hydrogen-bond donors (Lipinski definition) is 2. The molecular weight excluding hydrogens is 326 g/mol. The maximum absolute atomic E-state index is 11.8. The van der Waals surface area contributed by atoms with Crippen LogP contribution in [0.4, 0.5) is 0 Å². The highest BCUT2D eigenvalue weighted by Gasteiger charge is 2.15. The Bertz CT molecular complexity index is 767. The summed E-state index contributed by atoms with van der Waals surface area (Å²) in [5.41, 5.74) is 0. The van der Waals surface area contributed by atoms with Crippen LogP contribution in [-0.2, 0) is 4.79 Å². The van der Waals surface area contributed by atoms with E-state index in [1.165, 1.54) is 0 Å². The lowest BCUT2D eigenvalue weighted by molar-refractivity contribution is -0.123. The van der Waals surface area contributed by atoms with Crippen molar-refractivity contribution < 1.29 is 19.1 Å². The highest BCUT2D eigenvalue weighted by Crippen LogP contribution is 2.28. The molecule has 3 aromatic rings. The molecule has 24 heavy (non-hydrogen) atoms. The van der Waals surface area contributed by atoms with E-state index in [1.807, 2.05) is 41.8 Å². The minimum atomic E-state index is -0.903. The van der Waals surface area contributed by atoms with Crippen LogP contribution in [0.25, 0.3) is 10.6 Å². The number of ether oxygens (including phenoxy) is 1. The van der Waals surface area contributed by atoms with Gasteiger partial charge in [0.2, 0.25) is 0 Å². The van der Waals surface area contributed by atoms with Crippen molar-refractivity contribution in [3.8, 4) is 16.4 Å². The van der Waals surface area contributed by atoms with E-state index in [1.54, 1.807) is 29.5 Å². The van der Waals surface area contributed by atoms with E-state index in [2.05, 4.69) is 5.32 Å². The van der Waals surface area contributed by atoms with Crippen molar-refractivity contribution in [1.82, 2.24) is 5.32 Å². The van der Waals surface area contributed by atoms with Crippen LogP contribution in [0, 0.1) is 0 Å². The van der Waals surface area contributed by atoms with Gasteiger partial charge in [-0.2, -0.15) is 0 Å². The first-order valence-corrected chi connectivity index (χ1v) is 8.36. The summed E-state index contributed by atoms with van der Waals surface area (Å²) < 4.78 is 11.0. The standard InChI is InChI=1S/C18H17NO4S/c20-14(15-8-9-16(23-15)17-7-4-10-24-17)11-19-18(21)12-22-13-5-2-1-3-6-13/h1-10,14,20H,11-12H2,(H,19,21). The van der Waals surface area contributed by atoms with Gasteiger partial charge in [0.15, 0.2) is 6.61 Å². The third-order valence-electron chi connectivity index (χ3n) is 3.32. The van der Waals surface area contributed by atoms with Crippen molar-refractivity contribution in [2.45, 2.75) is 6.10 Å². The molecule has 0 saturated heterocycles. The van der Waals surface area contributed by atoms with E-state index in [9.17, 15) is 9.90 Å². The molecule has 0 bridgehead atoms. The molecule has 0 aliphatic rings. The lowest BCUT2D eigenvalue weighted by Gasteiger charge is -2.10. The van der Waals surface area contributed by atoms with Crippen LogP contribution in [0.2, 0.25) is 0 Å². The van der Waals surface area contributed by atoms with Crippen LogP contribution >= 0.6 is 11.3 Å². The smallest absolute Gasteiger partial charge is 0.258 e. The molecule has 0 spiro atoms. The number of carbonyl (C=O) groups excluding carboxylic acids is 1. The number of nitrogens with one attached hydrogen (secondary N) is 1. The van der Waals surface area contributed by atoms with Gasteiger partial charge in [0.1, 0.15) is 23.4 Å². The molecule has 0 aliphatic heterocycles. The molecule has 0 saturated carbocycles. The SMILES string of the molecule is O=C(COc1ccccc1)NCC(O)c1ccc(-c2cccs2)o1. The van der Waals surface area contributed by atoms with E-state index < -0.39 is 6.10 Å². The third-order valence-corrected chi connectivity index (χ3v) is 4.21. The van der Waals surface area contributed by atoms with Gasteiger partial charge in [-0.25, -0.2) is 0 Å². The predicted molar refractivity (Wildman–Crippen MR) is 91.9 cm³/mol. The summed E-state index contributed by atoms with van der Waals surface area (Å²) in [4.78, 5) is 12.8. The first kappa shape index (κ1) is 16.3. The number of carbonyl (C=O) groups is 1. The number of furan rings is 1. The molecule has 2 heterocycles. The number of aliphatic hydroxyl groups excluding tert-OH is 1. The van der Waals surface area contributed by atoms with Gasteiger partial charge in [-0.3, -0.25) is 4.79 Å². The number of amides is 1. The molecule has 0 fully saturated rings. The van der Waals surface area contributed by atoms with E-state index in [-0.39, 0.29) is 19.1 Å². The molecule has 1 unspecified atom stereocenters. The zero-order chi connectivity index (χ0) is 16.8. The number of para-hydroxylation sites is 1. The van der Waals surface area contributed by atoms with Crippen molar-refractivity contribution in [1.29, 1.82) is 0 Å². The van der Waals surface area contributed by atoms with Crippen molar-refractivity contribution in [2.75, 3.05) is 13.2 Å². The zero-order valence-corrected chi connectivity index (χ0v) is 13.7. The Balaban J connectivity index is 1.46. The molecule has 0 radical (unpaired) electrons. The number of hydrogen-bond acceptors (Lipinski definition) is 5. The van der Waals surface area contributed by atoms with Gasteiger partial charge in [0.25, 0.3) is 5.91 Å². The summed E-state index contributed by atoms with van der Waals surface area (Å²) in [5, 5.41) is 14.7. The molecule has 0 aliphatic carbocycles. The van der Waals surface area contributed by atoms with Gasteiger partial charge < -0.3 is 19.6 Å². The second-order valence-corrected chi connectivity index (χ2v) is 6.05. The van der Waals surface area contributed by atoms with Crippen LogP contribution < -0.4 is 10.1 Å². The number of thiophene rings is 1. The Hall–Kier alpha value is -2.57. The van der Waals surface area contributed by atoms with Gasteiger partial charge in [0, 0.05) is 0 Å². The minimum Gasteiger partial charge on any atom is -0.484 e. The summed E-state index contributed by atoms with van der Waals surface area (Å²) in [6, 6.07) is 16.5. The second-order valence-electron chi connectivity index (χ2n) is 5.10. The maximum Gasteiger partial charge on any atom is 0.258 e. The van der Waals surface area contributed by atoms with E-state index in [0.29, 0.717) is 17.3 Å². The van der Waals surface area contributed by atoms with Crippen LogP contribution in [0.3, 0.4) is 0 Å². The molecule has 5 nitrogen and oxygen atoms in total. The van der Waals surface area contributed by atoms with Gasteiger partial charge in [-0.15, -0.1) is 11.3 Å². The first-order valence-electron chi connectivity index (χ1n) is 7.48. The van der Waals surface area contributed by atoms with E-state index in [4.69, 9.17) is 9.15 Å². The minimum absolute atomic E-state index is 0.0639. The highest BCUT2D eigenvalue weighted by atomic mass is 32.1. The normalized spacial score (nSPS) is 11.9. The average Bonchev–Trinajstić information content (AvgIpc) is 3.29. The largest absolute Gasteiger partial charge is 0.484 e. The Labute approximate surface area is 143 Å². The van der Waals surface area contributed by atoms with Crippen LogP contribution in [0.5, 0.6) is 5.75 Å². The molecule has 1 amide bonds. The summed E-state index contributed by atoms with van der Waals surface area (Å²) in [6.45, 7) is -0.0380. The molecular formula is C18H17NO4S. The predicted octanol–water partition coefficient (Wildman–Crippen LogP) is 3.24. The van der Waals surface area contributed by atoms with Crippen LogP contribution in [0.1, 0.15) is 11.9 Å². The number of rotatable bonds is 7. The summed E-state index contributed by atoms with van der Waals surface area (Å²) in [5.74, 6) is 1.45. The lowest BCUT2D eigenvalue weighted by atomic mass is 10.2. The Kier molecular flexibility index (Phi) is 5.30. The molecule has 1 aromatic carbocycles. The zero-order valence-electron chi connectivity index (χ0n) is 12.8. The number of benzene rings is 1. The monoisotopic (exact) mass is 343 g/mol. The lowest BCUT2D eigenvalue weighted by Crippen LogP contribution is -2.32. The summed E-state index contributed by atoms with van der Waals surface area (Å²) in [7, 11) is 0. The topological polar surface area (TPSA) is 71.7 Å². The fourth-order valence-corrected chi connectivity index (χ4v) is 2.80. The van der Waals surface area contributed by atoms with Crippen molar-refractivity contribution in [3.05, 3.63) is 65.7 Å². The third kappa shape index (κ3) is 4.24. The molecule has 6 heteroatoms. The summed E-state index contributed by atoms with van der Waals surface area (Å²) in [6.07, 6.45) is -0.903. The Morgan fingerprint density at radius 2 is 2.00 bits per heavy atom. The van der Waals surface area contributed by atoms with Gasteiger partial charge in [0.05, 0.1) is 11.4 Å². The van der Waals surface area contributed by atoms with E-state index in [0.717, 1.165) is 4.88 Å². The Morgan fingerprint density at radius 1 is 1.17 bits per heavy atom. The van der Waals surface area contributed by atoms with Gasteiger partial charge >= 0.3 is 0 Å². The van der Waals surface area contributed by atoms with Crippen molar-refractivity contribution in [3.63, 3.8) is 0 Å². The highest BCUT2D eigenvalue weighted by molar-refractivity contribution is 7.13. The molecule has 2 N–H and O–H groups in total. The Morgan fingerprint density at radius 3 is 2.75 bits per heavy atom.